The van der Waals surface area contributed by atoms with E-state index in [1.807, 2.05) is 4.90 Å². The number of hydrogen-bond donors (Lipinski definition) is 1. The lowest BCUT2D eigenvalue weighted by atomic mass is 9.98. The number of esters is 1. The van der Waals surface area contributed by atoms with Gasteiger partial charge in [-0.2, -0.15) is 8.78 Å². The van der Waals surface area contributed by atoms with E-state index in [2.05, 4.69) is 15.3 Å². The van der Waals surface area contributed by atoms with Crippen LogP contribution in [0.2, 0.25) is 0 Å². The van der Waals surface area contributed by atoms with Crippen LogP contribution in [0, 0.1) is 5.92 Å². The molecule has 2 rings (SSSR count). The van der Waals surface area contributed by atoms with Gasteiger partial charge in [-0.15, -0.1) is 24.0 Å². The third-order valence-corrected chi connectivity index (χ3v) is 3.92. The molecule has 1 atom stereocenters. The van der Waals surface area contributed by atoms with E-state index < -0.39 is 6.55 Å². The number of likely N-dealkylation sites (tertiary alicyclic amines) is 1. The summed E-state index contributed by atoms with van der Waals surface area (Å²) < 4.78 is 31.6. The van der Waals surface area contributed by atoms with Gasteiger partial charge in [0.2, 0.25) is 0 Å². The van der Waals surface area contributed by atoms with Crippen molar-refractivity contribution >= 4 is 35.9 Å². The minimum atomic E-state index is -2.63. The van der Waals surface area contributed by atoms with Gasteiger partial charge in [0.25, 0.3) is 0 Å². The van der Waals surface area contributed by atoms with Crippen LogP contribution in [0.3, 0.4) is 0 Å². The van der Waals surface area contributed by atoms with Gasteiger partial charge in [0, 0.05) is 32.5 Å². The molecule has 0 radical (unpaired) electrons. The molecule has 1 N–H and O–H groups in total. The molecule has 1 aromatic rings. The van der Waals surface area contributed by atoms with Crippen molar-refractivity contribution in [2.45, 2.75) is 32.9 Å². The highest BCUT2D eigenvalue weighted by atomic mass is 127. The van der Waals surface area contributed by atoms with E-state index in [0.29, 0.717) is 19.1 Å². The number of alkyl halides is 2. The molecule has 10 heteroatoms. The molecule has 0 saturated carbocycles. The molecule has 0 amide bonds. The predicted molar refractivity (Wildman–Crippen MR) is 100 cm³/mol. The Kier molecular flexibility index (Phi) is 9.08. The molecular weight excluding hydrogens is 447 g/mol. The Morgan fingerprint density at radius 2 is 2.32 bits per heavy atom. The van der Waals surface area contributed by atoms with Crippen molar-refractivity contribution in [3.63, 3.8) is 0 Å². The number of piperidine rings is 1. The first-order valence-corrected chi connectivity index (χ1v) is 7.98. The third kappa shape index (κ3) is 5.79. The van der Waals surface area contributed by atoms with E-state index in [1.165, 1.54) is 12.4 Å². The summed E-state index contributed by atoms with van der Waals surface area (Å²) in [6, 6.07) is 0. The van der Waals surface area contributed by atoms with Crippen LogP contribution in [0.1, 0.15) is 32.1 Å². The molecule has 1 aromatic heterocycles. The van der Waals surface area contributed by atoms with Crippen molar-refractivity contribution < 1.29 is 18.3 Å². The lowest BCUT2D eigenvalue weighted by Crippen LogP contribution is -2.48. The van der Waals surface area contributed by atoms with E-state index in [1.54, 1.807) is 14.0 Å². The van der Waals surface area contributed by atoms with E-state index >= 15 is 0 Å². The molecule has 2 heterocycles. The predicted octanol–water partition coefficient (Wildman–Crippen LogP) is 2.25. The fraction of sp³-hybridized carbons (Fsp3) is 0.667. The minimum absolute atomic E-state index is 0. The van der Waals surface area contributed by atoms with Gasteiger partial charge in [0.05, 0.1) is 19.1 Å². The second-order valence-corrected chi connectivity index (χ2v) is 5.47. The van der Waals surface area contributed by atoms with Crippen LogP contribution < -0.4 is 5.32 Å². The molecule has 142 valence electrons. The number of rotatable bonds is 5. The Labute approximate surface area is 162 Å². The average molecular weight is 471 g/mol. The van der Waals surface area contributed by atoms with Crippen LogP contribution in [-0.2, 0) is 16.1 Å². The standard InChI is InChI=1S/C15H23F2N5O2.HI/c1-3-24-13(23)11-5-4-7-21(10-11)15(18-2)20-9-12-19-6-8-22(12)14(16)17;/h6,8,11,14H,3-5,7,9-10H2,1-2H3,(H,18,20);1H. The Morgan fingerprint density at radius 1 is 1.56 bits per heavy atom. The van der Waals surface area contributed by atoms with Crippen LogP contribution in [-0.4, -0.2) is 53.1 Å². The Bertz CT molecular complexity index is 582. The SMILES string of the molecule is CCOC(=O)C1CCCN(C(=NC)NCc2nccn2C(F)F)C1.I. The van der Waals surface area contributed by atoms with Crippen molar-refractivity contribution in [2.75, 3.05) is 26.7 Å². The fourth-order valence-electron chi connectivity index (χ4n) is 2.77. The summed E-state index contributed by atoms with van der Waals surface area (Å²) in [5.74, 6) is 0.393. The molecule has 1 fully saturated rings. The van der Waals surface area contributed by atoms with Gasteiger partial charge in [-0.25, -0.2) is 4.98 Å². The topological polar surface area (TPSA) is 71.8 Å². The number of aromatic nitrogens is 2. The van der Waals surface area contributed by atoms with E-state index in [9.17, 15) is 13.6 Å². The number of nitrogens with one attached hydrogen (secondary N) is 1. The quantitative estimate of drug-likeness (QED) is 0.309. The number of nitrogens with zero attached hydrogens (tertiary/aromatic N) is 4. The Balaban J connectivity index is 0.00000312. The van der Waals surface area contributed by atoms with Gasteiger partial charge < -0.3 is 15.0 Å². The molecule has 0 spiro atoms. The van der Waals surface area contributed by atoms with Crippen LogP contribution in [0.25, 0.3) is 0 Å². The number of guanidine groups is 1. The van der Waals surface area contributed by atoms with Crippen molar-refractivity contribution in [1.82, 2.24) is 19.8 Å². The summed E-state index contributed by atoms with van der Waals surface area (Å²) in [5.41, 5.74) is 0. The second kappa shape index (κ2) is 10.5. The van der Waals surface area contributed by atoms with E-state index in [0.717, 1.165) is 24.0 Å². The summed E-state index contributed by atoms with van der Waals surface area (Å²) in [5, 5.41) is 3.04. The van der Waals surface area contributed by atoms with Crippen molar-refractivity contribution in [3.05, 3.63) is 18.2 Å². The highest BCUT2D eigenvalue weighted by Gasteiger charge is 2.28. The zero-order chi connectivity index (χ0) is 17.5. The largest absolute Gasteiger partial charge is 0.466 e. The van der Waals surface area contributed by atoms with Crippen LogP contribution >= 0.6 is 24.0 Å². The number of carbonyl (C=O) groups excluding carboxylic acids is 1. The maximum Gasteiger partial charge on any atom is 0.319 e. The molecule has 25 heavy (non-hydrogen) atoms. The number of hydrogen-bond acceptors (Lipinski definition) is 4. The Hall–Kier alpha value is -1.46. The smallest absolute Gasteiger partial charge is 0.319 e. The maximum atomic E-state index is 12.8. The van der Waals surface area contributed by atoms with Gasteiger partial charge in [-0.3, -0.25) is 14.4 Å². The number of aliphatic imine (C=N–C) groups is 1. The fourth-order valence-corrected chi connectivity index (χ4v) is 2.77. The second-order valence-electron chi connectivity index (χ2n) is 5.47. The zero-order valence-electron chi connectivity index (χ0n) is 14.3. The highest BCUT2D eigenvalue weighted by Crippen LogP contribution is 2.18. The summed E-state index contributed by atoms with van der Waals surface area (Å²) in [6.45, 7) is 0.892. The molecular formula is C15H24F2IN5O2. The van der Waals surface area contributed by atoms with Crippen LogP contribution in [0.4, 0.5) is 8.78 Å². The molecule has 1 unspecified atom stereocenters. The van der Waals surface area contributed by atoms with Gasteiger partial charge in [-0.05, 0) is 19.8 Å². The van der Waals surface area contributed by atoms with Gasteiger partial charge >= 0.3 is 12.5 Å². The van der Waals surface area contributed by atoms with Crippen molar-refractivity contribution in [3.8, 4) is 0 Å². The summed E-state index contributed by atoms with van der Waals surface area (Å²) in [7, 11) is 1.62. The first-order valence-electron chi connectivity index (χ1n) is 7.98. The summed E-state index contributed by atoms with van der Waals surface area (Å²) >= 11 is 0. The molecule has 0 bridgehead atoms. The maximum absolute atomic E-state index is 12.8. The number of carbonyl (C=O) groups is 1. The molecule has 0 aliphatic carbocycles. The molecule has 1 aliphatic rings. The van der Waals surface area contributed by atoms with E-state index in [-0.39, 0.29) is 48.2 Å². The van der Waals surface area contributed by atoms with Crippen molar-refractivity contribution in [1.29, 1.82) is 0 Å². The number of imidazole rings is 1. The minimum Gasteiger partial charge on any atom is -0.466 e. The first kappa shape index (κ1) is 21.6. The lowest BCUT2D eigenvalue weighted by Gasteiger charge is -2.33. The molecule has 0 aromatic carbocycles. The summed E-state index contributed by atoms with van der Waals surface area (Å²) in [4.78, 5) is 22.0. The molecule has 7 nitrogen and oxygen atoms in total. The summed E-state index contributed by atoms with van der Waals surface area (Å²) in [6.07, 6.45) is 4.20. The monoisotopic (exact) mass is 471 g/mol. The van der Waals surface area contributed by atoms with E-state index in [4.69, 9.17) is 4.74 Å². The zero-order valence-corrected chi connectivity index (χ0v) is 16.7. The van der Waals surface area contributed by atoms with Crippen LogP contribution in [0.5, 0.6) is 0 Å². The van der Waals surface area contributed by atoms with Gasteiger partial charge in [0.15, 0.2) is 5.96 Å². The average Bonchev–Trinajstić information content (AvgIpc) is 3.05. The van der Waals surface area contributed by atoms with Crippen molar-refractivity contribution in [2.24, 2.45) is 10.9 Å². The highest BCUT2D eigenvalue weighted by molar-refractivity contribution is 14.0. The van der Waals surface area contributed by atoms with Gasteiger partial charge in [0.1, 0.15) is 5.82 Å². The first-order chi connectivity index (χ1) is 11.6. The van der Waals surface area contributed by atoms with Crippen LogP contribution in [0.15, 0.2) is 17.4 Å². The third-order valence-electron chi connectivity index (χ3n) is 3.92. The number of ether oxygens (including phenoxy) is 1. The number of halogens is 3. The Morgan fingerprint density at radius 3 is 2.96 bits per heavy atom. The van der Waals surface area contributed by atoms with Gasteiger partial charge in [-0.1, -0.05) is 0 Å². The molecule has 1 aliphatic heterocycles. The normalized spacial score (nSPS) is 18.0. The lowest BCUT2D eigenvalue weighted by molar-refractivity contribution is -0.149. The molecule has 1 saturated heterocycles.